The van der Waals surface area contributed by atoms with Gasteiger partial charge in [-0.3, -0.25) is 0 Å². The van der Waals surface area contributed by atoms with E-state index in [4.69, 9.17) is 9.52 Å². The van der Waals surface area contributed by atoms with Gasteiger partial charge in [-0.1, -0.05) is 15.9 Å². The van der Waals surface area contributed by atoms with E-state index >= 15 is 0 Å². The molecular formula is C13H8Br2O3. The van der Waals surface area contributed by atoms with Crippen molar-refractivity contribution in [1.82, 2.24) is 0 Å². The maximum absolute atomic E-state index is 10.4. The Labute approximate surface area is 120 Å². The fraction of sp³-hybridized carbons (Fsp3) is 0. The molecular weight excluding hydrogens is 364 g/mol. The third kappa shape index (κ3) is 3.11. The second-order valence-corrected chi connectivity index (χ2v) is 5.27. The van der Waals surface area contributed by atoms with E-state index in [9.17, 15) is 4.79 Å². The molecule has 92 valence electrons. The van der Waals surface area contributed by atoms with Crippen molar-refractivity contribution in [2.75, 3.05) is 0 Å². The molecule has 1 N–H and O–H groups in total. The van der Waals surface area contributed by atoms with E-state index in [2.05, 4.69) is 31.9 Å². The summed E-state index contributed by atoms with van der Waals surface area (Å²) in [5.74, 6) is 0.180. The van der Waals surface area contributed by atoms with Crippen molar-refractivity contribution in [3.63, 3.8) is 0 Å². The van der Waals surface area contributed by atoms with Crippen LogP contribution in [0.3, 0.4) is 0 Å². The molecule has 2 aromatic rings. The maximum Gasteiger partial charge on any atom is 0.328 e. The molecule has 1 aromatic carbocycles. The molecule has 1 heterocycles. The molecule has 0 aliphatic heterocycles. The van der Waals surface area contributed by atoms with Crippen LogP contribution < -0.4 is 0 Å². The molecule has 0 fully saturated rings. The highest BCUT2D eigenvalue weighted by atomic mass is 79.9. The second kappa shape index (κ2) is 5.54. The number of carboxylic acids is 1. The minimum absolute atomic E-state index is 0.502. The Balaban J connectivity index is 2.32. The van der Waals surface area contributed by atoms with Crippen LogP contribution in [0, 0.1) is 0 Å². The van der Waals surface area contributed by atoms with Gasteiger partial charge in [-0.25, -0.2) is 4.79 Å². The van der Waals surface area contributed by atoms with Gasteiger partial charge in [-0.15, -0.1) is 0 Å². The third-order valence-electron chi connectivity index (χ3n) is 2.21. The highest BCUT2D eigenvalue weighted by molar-refractivity contribution is 9.11. The first kappa shape index (κ1) is 13.1. The molecule has 1 aromatic heterocycles. The largest absolute Gasteiger partial charge is 0.478 e. The van der Waals surface area contributed by atoms with Gasteiger partial charge in [0.2, 0.25) is 0 Å². The molecule has 18 heavy (non-hydrogen) atoms. The number of aliphatic carboxylic acids is 1. The average Bonchev–Trinajstić information content (AvgIpc) is 2.75. The zero-order valence-corrected chi connectivity index (χ0v) is 12.2. The third-order valence-corrected chi connectivity index (χ3v) is 3.36. The molecule has 0 aliphatic rings. The summed E-state index contributed by atoms with van der Waals surface area (Å²) in [6, 6.07) is 9.27. The monoisotopic (exact) mass is 370 g/mol. The molecule has 0 unspecified atom stereocenters. The Morgan fingerprint density at radius 2 is 2.00 bits per heavy atom. The number of rotatable bonds is 3. The molecule has 5 heteroatoms. The number of hydrogen-bond donors (Lipinski definition) is 1. The summed E-state index contributed by atoms with van der Waals surface area (Å²) >= 11 is 6.83. The van der Waals surface area contributed by atoms with Gasteiger partial charge >= 0.3 is 5.97 Å². The number of benzene rings is 1. The van der Waals surface area contributed by atoms with Crippen LogP contribution in [0.15, 0.2) is 49.8 Å². The summed E-state index contributed by atoms with van der Waals surface area (Å²) in [5.41, 5.74) is 0.910. The van der Waals surface area contributed by atoms with E-state index in [-0.39, 0.29) is 0 Å². The fourth-order valence-electron chi connectivity index (χ4n) is 1.43. The van der Waals surface area contributed by atoms with Gasteiger partial charge in [0.05, 0.1) is 0 Å². The van der Waals surface area contributed by atoms with E-state index in [0.717, 1.165) is 20.6 Å². The predicted molar refractivity (Wildman–Crippen MR) is 76.2 cm³/mol. The first-order chi connectivity index (χ1) is 8.56. The minimum atomic E-state index is -1.00. The van der Waals surface area contributed by atoms with Crippen molar-refractivity contribution in [2.24, 2.45) is 0 Å². The molecule has 0 atom stereocenters. The first-order valence-corrected chi connectivity index (χ1v) is 6.61. The van der Waals surface area contributed by atoms with Gasteiger partial charge in [0.1, 0.15) is 11.5 Å². The Bertz CT molecular complexity index is 614. The highest BCUT2D eigenvalue weighted by Gasteiger charge is 2.07. The summed E-state index contributed by atoms with van der Waals surface area (Å²) in [7, 11) is 0. The van der Waals surface area contributed by atoms with E-state index in [1.807, 2.05) is 18.2 Å². The number of carbonyl (C=O) groups is 1. The standard InChI is InChI=1S/C13H8Br2O3/c14-8-1-4-10(11(15)7-8)12-5-2-9(18-12)3-6-13(16)17/h1-7H,(H,16,17). The van der Waals surface area contributed by atoms with Gasteiger partial charge in [0.25, 0.3) is 0 Å². The Morgan fingerprint density at radius 1 is 1.22 bits per heavy atom. The number of hydrogen-bond acceptors (Lipinski definition) is 2. The maximum atomic E-state index is 10.4. The minimum Gasteiger partial charge on any atom is -0.478 e. The topological polar surface area (TPSA) is 50.4 Å². The van der Waals surface area contributed by atoms with Crippen LogP contribution in [0.4, 0.5) is 0 Å². The smallest absolute Gasteiger partial charge is 0.328 e. The molecule has 0 saturated carbocycles. The molecule has 0 spiro atoms. The highest BCUT2D eigenvalue weighted by Crippen LogP contribution is 2.32. The zero-order valence-electron chi connectivity index (χ0n) is 9.06. The quantitative estimate of drug-likeness (QED) is 0.804. The van der Waals surface area contributed by atoms with E-state index in [1.165, 1.54) is 6.08 Å². The summed E-state index contributed by atoms with van der Waals surface area (Å²) in [6.45, 7) is 0. The molecule has 0 bridgehead atoms. The SMILES string of the molecule is O=C(O)C=Cc1ccc(-c2ccc(Br)cc2Br)o1. The summed E-state index contributed by atoms with van der Waals surface area (Å²) in [6.07, 6.45) is 2.46. The zero-order chi connectivity index (χ0) is 13.1. The lowest BCUT2D eigenvalue weighted by Gasteiger charge is -2.01. The van der Waals surface area contributed by atoms with Crippen molar-refractivity contribution >= 4 is 43.9 Å². The number of halogens is 2. The first-order valence-electron chi connectivity index (χ1n) is 5.02. The van der Waals surface area contributed by atoms with Gasteiger partial charge in [0, 0.05) is 20.6 Å². The predicted octanol–water partition coefficient (Wildman–Crippen LogP) is 4.57. The summed E-state index contributed by atoms with van der Waals surface area (Å²) < 4.78 is 7.42. The van der Waals surface area contributed by atoms with E-state index in [0.29, 0.717) is 11.5 Å². The second-order valence-electron chi connectivity index (χ2n) is 3.50. The molecule has 2 rings (SSSR count). The Kier molecular flexibility index (Phi) is 4.04. The molecule has 0 radical (unpaired) electrons. The van der Waals surface area contributed by atoms with E-state index in [1.54, 1.807) is 12.1 Å². The molecule has 0 saturated heterocycles. The molecule has 3 nitrogen and oxygen atoms in total. The van der Waals surface area contributed by atoms with Gasteiger partial charge in [-0.2, -0.15) is 0 Å². The Morgan fingerprint density at radius 3 is 2.67 bits per heavy atom. The lowest BCUT2D eigenvalue weighted by atomic mass is 10.2. The van der Waals surface area contributed by atoms with Crippen molar-refractivity contribution in [2.45, 2.75) is 0 Å². The van der Waals surface area contributed by atoms with Gasteiger partial charge < -0.3 is 9.52 Å². The molecule has 0 amide bonds. The van der Waals surface area contributed by atoms with Crippen LogP contribution in [0.5, 0.6) is 0 Å². The van der Waals surface area contributed by atoms with E-state index < -0.39 is 5.97 Å². The van der Waals surface area contributed by atoms with Crippen molar-refractivity contribution < 1.29 is 14.3 Å². The van der Waals surface area contributed by atoms with Crippen LogP contribution in [-0.2, 0) is 4.79 Å². The van der Waals surface area contributed by atoms with Crippen molar-refractivity contribution in [3.8, 4) is 11.3 Å². The summed E-state index contributed by atoms with van der Waals surface area (Å²) in [5, 5.41) is 8.53. The van der Waals surface area contributed by atoms with Crippen LogP contribution in [0.1, 0.15) is 5.76 Å². The lowest BCUT2D eigenvalue weighted by molar-refractivity contribution is -0.131. The molecule has 0 aliphatic carbocycles. The lowest BCUT2D eigenvalue weighted by Crippen LogP contribution is -1.84. The van der Waals surface area contributed by atoms with Crippen LogP contribution in [-0.4, -0.2) is 11.1 Å². The van der Waals surface area contributed by atoms with Crippen LogP contribution >= 0.6 is 31.9 Å². The van der Waals surface area contributed by atoms with Gasteiger partial charge in [0.15, 0.2) is 0 Å². The number of carboxylic acid groups (broad SMARTS) is 1. The number of furan rings is 1. The average molecular weight is 372 g/mol. The fourth-order valence-corrected chi connectivity index (χ4v) is 2.67. The van der Waals surface area contributed by atoms with Crippen molar-refractivity contribution in [3.05, 3.63) is 51.1 Å². The Hall–Kier alpha value is -1.33. The normalized spacial score (nSPS) is 11.0. The van der Waals surface area contributed by atoms with Crippen LogP contribution in [0.25, 0.3) is 17.4 Å². The van der Waals surface area contributed by atoms with Gasteiger partial charge in [-0.05, 0) is 52.3 Å². The van der Waals surface area contributed by atoms with Crippen LogP contribution in [0.2, 0.25) is 0 Å². The van der Waals surface area contributed by atoms with Crippen molar-refractivity contribution in [1.29, 1.82) is 0 Å². The summed E-state index contributed by atoms with van der Waals surface area (Å²) in [4.78, 5) is 10.4.